The molecule has 1 saturated heterocycles. The number of aromatic nitrogens is 1. The molecule has 0 spiro atoms. The summed E-state index contributed by atoms with van der Waals surface area (Å²) in [6.07, 6.45) is 0. The van der Waals surface area contributed by atoms with Gasteiger partial charge in [-0.3, -0.25) is 0 Å². The molecule has 3 rings (SSSR count). The summed E-state index contributed by atoms with van der Waals surface area (Å²) in [5.74, 6) is 0. The summed E-state index contributed by atoms with van der Waals surface area (Å²) in [6, 6.07) is 8.10. The van der Waals surface area contributed by atoms with Crippen LogP contribution in [0, 0.1) is 0 Å². The van der Waals surface area contributed by atoms with Gasteiger partial charge in [-0.1, -0.05) is 12.1 Å². The smallest absolute Gasteiger partial charge is 0.398 e. The van der Waals surface area contributed by atoms with Crippen LogP contribution in [0.3, 0.4) is 0 Å². The maximum absolute atomic E-state index is 6.01. The highest BCUT2D eigenvalue weighted by molar-refractivity contribution is 7.27. The molecule has 0 unspecified atom stereocenters. The van der Waals surface area contributed by atoms with Gasteiger partial charge in [0.2, 0.25) is 0 Å². The largest absolute Gasteiger partial charge is 0.525 e. The van der Waals surface area contributed by atoms with Gasteiger partial charge < -0.3 is 9.31 Å². The second-order valence-corrected chi connectivity index (χ2v) is 6.67. The molecule has 0 saturated carbocycles. The van der Waals surface area contributed by atoms with Crippen molar-refractivity contribution in [2.45, 2.75) is 38.9 Å². The molecule has 0 amide bonds. The van der Waals surface area contributed by atoms with Gasteiger partial charge in [0.15, 0.2) is 0 Å². The molecule has 2 heterocycles. The van der Waals surface area contributed by atoms with Crippen LogP contribution in [-0.2, 0) is 9.31 Å². The summed E-state index contributed by atoms with van der Waals surface area (Å²) in [5.41, 5.74) is 0.387. The highest BCUT2D eigenvalue weighted by Gasteiger charge is 2.52. The monoisotopic (exact) mass is 261 g/mol. The molecule has 94 valence electrons. The van der Waals surface area contributed by atoms with E-state index in [1.165, 1.54) is 4.70 Å². The van der Waals surface area contributed by atoms with Crippen molar-refractivity contribution < 1.29 is 9.31 Å². The van der Waals surface area contributed by atoms with Crippen LogP contribution >= 0.6 is 11.3 Å². The Kier molecular flexibility index (Phi) is 2.56. The summed E-state index contributed by atoms with van der Waals surface area (Å²) >= 11 is 1.63. The van der Waals surface area contributed by atoms with E-state index in [0.717, 1.165) is 10.4 Å². The molecular weight excluding hydrogens is 245 g/mol. The van der Waals surface area contributed by atoms with E-state index in [0.29, 0.717) is 0 Å². The first-order valence-corrected chi connectivity index (χ1v) is 6.92. The molecule has 0 aliphatic carbocycles. The Hall–Kier alpha value is -0.905. The van der Waals surface area contributed by atoms with E-state index in [-0.39, 0.29) is 18.3 Å². The third-order valence-electron chi connectivity index (χ3n) is 3.77. The molecule has 0 N–H and O–H groups in total. The minimum atomic E-state index is -0.354. The van der Waals surface area contributed by atoms with Gasteiger partial charge in [-0.25, -0.2) is 4.98 Å². The zero-order valence-corrected chi connectivity index (χ0v) is 11.9. The first-order valence-electron chi connectivity index (χ1n) is 6.10. The highest BCUT2D eigenvalue weighted by Crippen LogP contribution is 2.37. The molecule has 5 heteroatoms. The van der Waals surface area contributed by atoms with E-state index in [9.17, 15) is 0 Å². The fraction of sp³-hybridized carbons (Fsp3) is 0.462. The second kappa shape index (κ2) is 3.79. The van der Waals surface area contributed by atoms with Crippen LogP contribution in [0.5, 0.6) is 0 Å². The van der Waals surface area contributed by atoms with Crippen LogP contribution in [0.15, 0.2) is 24.3 Å². The van der Waals surface area contributed by atoms with Crippen LogP contribution in [0.25, 0.3) is 10.2 Å². The number of para-hydroxylation sites is 1. The first kappa shape index (κ1) is 12.1. The number of fused-ring (bicyclic) bond motifs is 1. The van der Waals surface area contributed by atoms with Crippen LogP contribution in [-0.4, -0.2) is 23.3 Å². The summed E-state index contributed by atoms with van der Waals surface area (Å²) < 4.78 is 13.2. The van der Waals surface area contributed by atoms with Crippen molar-refractivity contribution >= 4 is 33.6 Å². The maximum atomic E-state index is 6.01. The lowest BCUT2D eigenvalue weighted by Crippen LogP contribution is -2.41. The number of thiazole rings is 1. The quantitative estimate of drug-likeness (QED) is 0.739. The average Bonchev–Trinajstić information content (AvgIpc) is 2.78. The van der Waals surface area contributed by atoms with E-state index in [2.05, 4.69) is 38.7 Å². The van der Waals surface area contributed by atoms with E-state index in [1.807, 2.05) is 18.2 Å². The van der Waals surface area contributed by atoms with Gasteiger partial charge in [0.25, 0.3) is 0 Å². The van der Waals surface area contributed by atoms with Crippen molar-refractivity contribution in [2.24, 2.45) is 0 Å². The molecule has 0 atom stereocenters. The van der Waals surface area contributed by atoms with Gasteiger partial charge in [0.05, 0.1) is 21.4 Å². The van der Waals surface area contributed by atoms with Gasteiger partial charge in [-0.2, -0.15) is 0 Å². The van der Waals surface area contributed by atoms with E-state index >= 15 is 0 Å². The van der Waals surface area contributed by atoms with Crippen LogP contribution in [0.1, 0.15) is 27.7 Å². The molecule has 1 fully saturated rings. The van der Waals surface area contributed by atoms with Crippen molar-refractivity contribution in [3.8, 4) is 0 Å². The van der Waals surface area contributed by atoms with E-state index in [4.69, 9.17) is 9.31 Å². The van der Waals surface area contributed by atoms with Crippen molar-refractivity contribution in [2.75, 3.05) is 0 Å². The SMILES string of the molecule is CC1(C)OB(c2nc3ccccc3s2)OC1(C)C. The second-order valence-electron chi connectivity index (χ2n) is 5.61. The lowest BCUT2D eigenvalue weighted by molar-refractivity contribution is 0.00578. The van der Waals surface area contributed by atoms with Gasteiger partial charge in [-0.15, -0.1) is 11.3 Å². The predicted octanol–water partition coefficient (Wildman–Crippen LogP) is 2.60. The fourth-order valence-corrected chi connectivity index (χ4v) is 2.86. The van der Waals surface area contributed by atoms with E-state index < -0.39 is 0 Å². The molecular formula is C13H16BNO2S. The standard InChI is InChI=1S/C13H16BNO2S/c1-12(2)13(3,4)17-14(16-12)11-15-9-7-5-6-8-10(9)18-11/h5-8H,1-4H3. The number of rotatable bonds is 1. The molecule has 0 bridgehead atoms. The molecule has 18 heavy (non-hydrogen) atoms. The minimum absolute atomic E-state index is 0.310. The van der Waals surface area contributed by atoms with Crippen LogP contribution in [0.2, 0.25) is 0 Å². The Labute approximate surface area is 111 Å². The Bertz CT molecular complexity index is 544. The Morgan fingerprint density at radius 3 is 2.28 bits per heavy atom. The number of benzene rings is 1. The Balaban J connectivity index is 1.97. The van der Waals surface area contributed by atoms with Crippen molar-refractivity contribution in [1.82, 2.24) is 4.98 Å². The molecule has 1 aliphatic rings. The maximum Gasteiger partial charge on any atom is 0.525 e. The summed E-state index contributed by atoms with van der Waals surface area (Å²) in [7, 11) is -0.354. The molecule has 2 aromatic rings. The van der Waals surface area contributed by atoms with Crippen LogP contribution in [0.4, 0.5) is 0 Å². The van der Waals surface area contributed by atoms with Crippen LogP contribution < -0.4 is 4.91 Å². The molecule has 3 nitrogen and oxygen atoms in total. The predicted molar refractivity (Wildman–Crippen MR) is 75.3 cm³/mol. The lowest BCUT2D eigenvalue weighted by Gasteiger charge is -2.32. The topological polar surface area (TPSA) is 31.4 Å². The lowest BCUT2D eigenvalue weighted by atomic mass is 9.90. The molecule has 1 aromatic carbocycles. The van der Waals surface area contributed by atoms with Gasteiger partial charge in [0, 0.05) is 0 Å². The van der Waals surface area contributed by atoms with Gasteiger partial charge in [0.1, 0.15) is 4.91 Å². The van der Waals surface area contributed by atoms with Crippen molar-refractivity contribution in [1.29, 1.82) is 0 Å². The number of hydrogen-bond donors (Lipinski definition) is 0. The Morgan fingerprint density at radius 2 is 1.67 bits per heavy atom. The van der Waals surface area contributed by atoms with Gasteiger partial charge in [-0.05, 0) is 39.8 Å². The zero-order chi connectivity index (χ0) is 13.0. The highest BCUT2D eigenvalue weighted by atomic mass is 32.1. The molecule has 1 aliphatic heterocycles. The zero-order valence-electron chi connectivity index (χ0n) is 11.1. The van der Waals surface area contributed by atoms with Crippen molar-refractivity contribution in [3.05, 3.63) is 24.3 Å². The Morgan fingerprint density at radius 1 is 1.06 bits per heavy atom. The van der Waals surface area contributed by atoms with Gasteiger partial charge >= 0.3 is 7.12 Å². The first-order chi connectivity index (χ1) is 8.39. The summed E-state index contributed by atoms with van der Waals surface area (Å²) in [6.45, 7) is 8.22. The minimum Gasteiger partial charge on any atom is -0.398 e. The summed E-state index contributed by atoms with van der Waals surface area (Å²) in [4.78, 5) is 5.49. The van der Waals surface area contributed by atoms with Crippen molar-refractivity contribution in [3.63, 3.8) is 0 Å². The normalized spacial score (nSPS) is 21.7. The average molecular weight is 261 g/mol. The van der Waals surface area contributed by atoms with E-state index in [1.54, 1.807) is 11.3 Å². The third-order valence-corrected chi connectivity index (χ3v) is 4.82. The fourth-order valence-electron chi connectivity index (χ4n) is 1.93. The number of hydrogen-bond acceptors (Lipinski definition) is 4. The summed E-state index contributed by atoms with van der Waals surface area (Å²) in [5, 5.41) is 0. The molecule has 1 aromatic heterocycles. The number of nitrogens with zero attached hydrogens (tertiary/aromatic N) is 1. The third kappa shape index (κ3) is 1.78. The molecule has 0 radical (unpaired) electrons.